The Morgan fingerprint density at radius 1 is 1.29 bits per heavy atom. The summed E-state index contributed by atoms with van der Waals surface area (Å²) in [7, 11) is 0. The van der Waals surface area contributed by atoms with E-state index in [-0.39, 0.29) is 29.0 Å². The SMILES string of the molecule is CC(=O)[C@@H]1CCCN1C(=O)[C@@H](Nc1nc(-c2ccc(F)cc2)cs1)C(C)(C)C. The second-order valence-corrected chi connectivity index (χ2v) is 9.15. The van der Waals surface area contributed by atoms with E-state index in [1.54, 1.807) is 24.0 Å². The summed E-state index contributed by atoms with van der Waals surface area (Å²) >= 11 is 1.41. The fourth-order valence-electron chi connectivity index (χ4n) is 3.48. The van der Waals surface area contributed by atoms with E-state index < -0.39 is 6.04 Å². The first-order chi connectivity index (χ1) is 13.2. The van der Waals surface area contributed by atoms with Crippen LogP contribution in [0.2, 0.25) is 0 Å². The van der Waals surface area contributed by atoms with E-state index in [1.165, 1.54) is 23.5 Å². The first-order valence-corrected chi connectivity index (χ1v) is 10.3. The Bertz CT molecular complexity index is 857. The van der Waals surface area contributed by atoms with Gasteiger partial charge in [-0.1, -0.05) is 20.8 Å². The molecule has 5 nitrogen and oxygen atoms in total. The van der Waals surface area contributed by atoms with Gasteiger partial charge in [0.1, 0.15) is 11.9 Å². The van der Waals surface area contributed by atoms with E-state index >= 15 is 0 Å². The van der Waals surface area contributed by atoms with Crippen molar-refractivity contribution in [3.05, 3.63) is 35.5 Å². The molecular weight excluding hydrogens is 377 g/mol. The third-order valence-corrected chi connectivity index (χ3v) is 5.80. The van der Waals surface area contributed by atoms with E-state index in [2.05, 4.69) is 10.3 Å². The fourth-order valence-corrected chi connectivity index (χ4v) is 4.23. The number of rotatable bonds is 5. The molecule has 0 radical (unpaired) electrons. The van der Waals surface area contributed by atoms with Crippen LogP contribution < -0.4 is 5.32 Å². The number of amides is 1. The summed E-state index contributed by atoms with van der Waals surface area (Å²) in [5.74, 6) is -0.323. The molecule has 2 atom stereocenters. The summed E-state index contributed by atoms with van der Waals surface area (Å²) in [6.07, 6.45) is 1.57. The Labute approximate surface area is 169 Å². The molecule has 0 bridgehead atoms. The molecule has 2 heterocycles. The lowest BCUT2D eigenvalue weighted by Gasteiger charge is -2.35. The molecule has 2 aromatic rings. The van der Waals surface area contributed by atoms with Gasteiger partial charge in [0.25, 0.3) is 0 Å². The molecule has 1 saturated heterocycles. The Kier molecular flexibility index (Phi) is 5.84. The maximum Gasteiger partial charge on any atom is 0.246 e. The molecule has 1 amide bonds. The topological polar surface area (TPSA) is 62.3 Å². The van der Waals surface area contributed by atoms with E-state index in [1.807, 2.05) is 26.2 Å². The van der Waals surface area contributed by atoms with Gasteiger partial charge in [-0.25, -0.2) is 9.37 Å². The van der Waals surface area contributed by atoms with Crippen LogP contribution in [-0.2, 0) is 9.59 Å². The molecule has 1 aliphatic heterocycles. The number of hydrogen-bond acceptors (Lipinski definition) is 5. The van der Waals surface area contributed by atoms with Crippen molar-refractivity contribution in [3.63, 3.8) is 0 Å². The predicted octanol–water partition coefficient (Wildman–Crippen LogP) is 4.36. The number of aromatic nitrogens is 1. The van der Waals surface area contributed by atoms with Gasteiger partial charge in [-0.05, 0) is 49.4 Å². The number of Topliss-reactive ketones (excluding diaryl/α,β-unsaturated/α-hetero) is 1. The molecule has 1 fully saturated rings. The highest BCUT2D eigenvalue weighted by Gasteiger charge is 2.40. The Morgan fingerprint density at radius 2 is 1.96 bits per heavy atom. The minimum atomic E-state index is -0.500. The number of halogens is 1. The van der Waals surface area contributed by atoms with E-state index in [4.69, 9.17) is 0 Å². The van der Waals surface area contributed by atoms with Gasteiger partial charge in [-0.2, -0.15) is 0 Å². The molecule has 150 valence electrons. The lowest BCUT2D eigenvalue weighted by Crippen LogP contribution is -2.52. The van der Waals surface area contributed by atoms with Gasteiger partial charge in [0.15, 0.2) is 10.9 Å². The highest BCUT2D eigenvalue weighted by atomic mass is 32.1. The van der Waals surface area contributed by atoms with Crippen LogP contribution in [0, 0.1) is 11.2 Å². The number of likely N-dealkylation sites (tertiary alicyclic amines) is 1. The van der Waals surface area contributed by atoms with Crippen LogP contribution in [0.1, 0.15) is 40.5 Å². The summed E-state index contributed by atoms with van der Waals surface area (Å²) in [6, 6.07) is 5.34. The van der Waals surface area contributed by atoms with Crippen LogP contribution in [0.25, 0.3) is 11.3 Å². The minimum absolute atomic E-state index is 0.0337. The zero-order chi connectivity index (χ0) is 20.5. The van der Waals surface area contributed by atoms with Crippen molar-refractivity contribution in [2.24, 2.45) is 5.41 Å². The number of carbonyl (C=O) groups excluding carboxylic acids is 2. The fraction of sp³-hybridized carbons (Fsp3) is 0.476. The molecule has 1 aromatic carbocycles. The molecule has 1 aliphatic rings. The third kappa shape index (κ3) is 4.41. The minimum Gasteiger partial charge on any atom is -0.349 e. The molecule has 7 heteroatoms. The second-order valence-electron chi connectivity index (χ2n) is 8.29. The standard InChI is InChI=1S/C21H26FN3O2S/c1-13(26)17-6-5-11-25(17)19(27)18(21(2,3)4)24-20-23-16(12-28-20)14-7-9-15(22)10-8-14/h7-10,12,17-18H,5-6,11H2,1-4H3,(H,23,24)/t17-,18+/m0/s1. The average Bonchev–Trinajstić information content (AvgIpc) is 3.28. The van der Waals surface area contributed by atoms with Crippen molar-refractivity contribution in [2.75, 3.05) is 11.9 Å². The second kappa shape index (κ2) is 7.99. The maximum atomic E-state index is 13.3. The first-order valence-electron chi connectivity index (χ1n) is 9.46. The zero-order valence-electron chi connectivity index (χ0n) is 16.7. The highest BCUT2D eigenvalue weighted by Crippen LogP contribution is 2.31. The summed E-state index contributed by atoms with van der Waals surface area (Å²) in [6.45, 7) is 8.14. The van der Waals surface area contributed by atoms with E-state index in [0.717, 1.165) is 24.1 Å². The molecule has 0 spiro atoms. The van der Waals surface area contributed by atoms with Gasteiger partial charge in [0.05, 0.1) is 11.7 Å². The quantitative estimate of drug-likeness (QED) is 0.806. The number of benzene rings is 1. The molecule has 1 aromatic heterocycles. The van der Waals surface area contributed by atoms with Crippen molar-refractivity contribution >= 4 is 28.2 Å². The summed E-state index contributed by atoms with van der Waals surface area (Å²) < 4.78 is 13.1. The Hall–Kier alpha value is -2.28. The number of anilines is 1. The average molecular weight is 404 g/mol. The third-order valence-electron chi connectivity index (χ3n) is 5.03. The molecule has 0 aliphatic carbocycles. The first kappa shape index (κ1) is 20.5. The Morgan fingerprint density at radius 3 is 2.57 bits per heavy atom. The van der Waals surface area contributed by atoms with Gasteiger partial charge < -0.3 is 10.2 Å². The summed E-state index contributed by atoms with van der Waals surface area (Å²) in [4.78, 5) is 31.5. The normalized spacial score (nSPS) is 18.2. The lowest BCUT2D eigenvalue weighted by atomic mass is 9.85. The Balaban J connectivity index is 1.81. The molecule has 3 rings (SSSR count). The molecular formula is C21H26FN3O2S. The van der Waals surface area contributed by atoms with Crippen LogP contribution in [0.4, 0.5) is 9.52 Å². The van der Waals surface area contributed by atoms with Crippen molar-refractivity contribution in [1.82, 2.24) is 9.88 Å². The van der Waals surface area contributed by atoms with E-state index in [9.17, 15) is 14.0 Å². The molecule has 0 saturated carbocycles. The van der Waals surface area contributed by atoms with Gasteiger partial charge in [-0.3, -0.25) is 9.59 Å². The maximum absolute atomic E-state index is 13.3. The van der Waals surface area contributed by atoms with Crippen molar-refractivity contribution in [3.8, 4) is 11.3 Å². The van der Waals surface area contributed by atoms with Crippen LogP contribution in [0.3, 0.4) is 0 Å². The summed E-state index contributed by atoms with van der Waals surface area (Å²) in [5.41, 5.74) is 1.19. The van der Waals surface area contributed by atoms with Gasteiger partial charge in [0, 0.05) is 17.5 Å². The monoisotopic (exact) mass is 403 g/mol. The lowest BCUT2D eigenvalue weighted by molar-refractivity contribution is -0.139. The zero-order valence-corrected chi connectivity index (χ0v) is 17.5. The van der Waals surface area contributed by atoms with Gasteiger partial charge >= 0.3 is 0 Å². The van der Waals surface area contributed by atoms with Crippen molar-refractivity contribution < 1.29 is 14.0 Å². The summed E-state index contributed by atoms with van der Waals surface area (Å²) in [5, 5.41) is 5.80. The highest BCUT2D eigenvalue weighted by molar-refractivity contribution is 7.14. The largest absolute Gasteiger partial charge is 0.349 e. The molecule has 1 N–H and O–H groups in total. The predicted molar refractivity (Wildman–Crippen MR) is 110 cm³/mol. The van der Waals surface area contributed by atoms with Gasteiger partial charge in [0.2, 0.25) is 5.91 Å². The number of ketones is 1. The van der Waals surface area contributed by atoms with Crippen LogP contribution in [0.15, 0.2) is 29.6 Å². The van der Waals surface area contributed by atoms with Crippen molar-refractivity contribution in [2.45, 2.75) is 52.6 Å². The van der Waals surface area contributed by atoms with E-state index in [0.29, 0.717) is 11.7 Å². The van der Waals surface area contributed by atoms with Crippen LogP contribution in [0.5, 0.6) is 0 Å². The smallest absolute Gasteiger partial charge is 0.246 e. The number of hydrogen-bond donors (Lipinski definition) is 1. The molecule has 28 heavy (non-hydrogen) atoms. The van der Waals surface area contributed by atoms with Crippen LogP contribution >= 0.6 is 11.3 Å². The number of thiazole rings is 1. The van der Waals surface area contributed by atoms with Gasteiger partial charge in [-0.15, -0.1) is 11.3 Å². The number of nitrogens with zero attached hydrogens (tertiary/aromatic N) is 2. The number of nitrogens with one attached hydrogen (secondary N) is 1. The number of carbonyl (C=O) groups is 2. The molecule has 0 unspecified atom stereocenters. The van der Waals surface area contributed by atoms with Crippen molar-refractivity contribution in [1.29, 1.82) is 0 Å². The van der Waals surface area contributed by atoms with Crippen LogP contribution in [-0.4, -0.2) is 40.2 Å².